The van der Waals surface area contributed by atoms with Gasteiger partial charge in [-0.2, -0.15) is 0 Å². The van der Waals surface area contributed by atoms with Gasteiger partial charge in [0.15, 0.2) is 5.16 Å². The maximum Gasteiger partial charge on any atom is 0.344 e. The standard InChI is InChI=1S/C12H15N5O2S/c13-8-1-4-10(18)16(7-8)5-6-20-12-15-14-11(19)17(12)9-2-3-9/h1,4,7,9H,2-3,5-6,13H2,(H,14,19). The Morgan fingerprint density at radius 3 is 2.95 bits per heavy atom. The van der Waals surface area contributed by atoms with Gasteiger partial charge >= 0.3 is 5.69 Å². The highest BCUT2D eigenvalue weighted by atomic mass is 32.2. The largest absolute Gasteiger partial charge is 0.398 e. The highest BCUT2D eigenvalue weighted by Crippen LogP contribution is 2.35. The van der Waals surface area contributed by atoms with Crippen LogP contribution in [0, 0.1) is 0 Å². The number of nitrogens with one attached hydrogen (secondary N) is 1. The second kappa shape index (κ2) is 5.20. The van der Waals surface area contributed by atoms with Gasteiger partial charge in [-0.05, 0) is 18.9 Å². The number of anilines is 1. The summed E-state index contributed by atoms with van der Waals surface area (Å²) < 4.78 is 3.27. The predicted octanol–water partition coefficient (Wildman–Crippen LogP) is 0.442. The van der Waals surface area contributed by atoms with Gasteiger partial charge in [-0.1, -0.05) is 11.8 Å². The Bertz CT molecular complexity index is 728. The Kier molecular flexibility index (Phi) is 3.39. The van der Waals surface area contributed by atoms with Crippen molar-refractivity contribution in [2.75, 3.05) is 11.5 Å². The molecule has 7 nitrogen and oxygen atoms in total. The lowest BCUT2D eigenvalue weighted by Gasteiger charge is -2.06. The summed E-state index contributed by atoms with van der Waals surface area (Å²) in [5, 5.41) is 7.19. The number of rotatable bonds is 5. The van der Waals surface area contributed by atoms with E-state index in [0.717, 1.165) is 12.8 Å². The second-order valence-electron chi connectivity index (χ2n) is 4.76. The molecule has 1 saturated carbocycles. The van der Waals surface area contributed by atoms with Crippen LogP contribution < -0.4 is 17.0 Å². The Hall–Kier alpha value is -1.96. The molecule has 0 aromatic carbocycles. The van der Waals surface area contributed by atoms with Gasteiger partial charge in [-0.3, -0.25) is 9.36 Å². The molecule has 2 heterocycles. The van der Waals surface area contributed by atoms with Gasteiger partial charge in [0.05, 0.1) is 0 Å². The highest BCUT2D eigenvalue weighted by molar-refractivity contribution is 7.99. The molecule has 106 valence electrons. The molecule has 1 aliphatic rings. The van der Waals surface area contributed by atoms with E-state index < -0.39 is 0 Å². The molecule has 2 aromatic heterocycles. The minimum atomic E-state index is -0.156. The predicted molar refractivity (Wildman–Crippen MR) is 77.0 cm³/mol. The summed E-state index contributed by atoms with van der Waals surface area (Å²) >= 11 is 1.47. The molecule has 0 amide bonds. The maximum atomic E-state index is 11.6. The first-order chi connectivity index (χ1) is 9.65. The number of aromatic amines is 1. The number of hydrogen-bond acceptors (Lipinski definition) is 5. The van der Waals surface area contributed by atoms with Crippen molar-refractivity contribution in [3.63, 3.8) is 0 Å². The fourth-order valence-corrected chi connectivity index (χ4v) is 2.96. The zero-order chi connectivity index (χ0) is 14.1. The average molecular weight is 293 g/mol. The summed E-state index contributed by atoms with van der Waals surface area (Å²) in [4.78, 5) is 23.2. The molecule has 2 aromatic rings. The number of H-pyrrole nitrogens is 1. The molecule has 1 fully saturated rings. The Morgan fingerprint density at radius 1 is 1.40 bits per heavy atom. The quantitative estimate of drug-likeness (QED) is 0.779. The summed E-state index contributed by atoms with van der Waals surface area (Å²) in [6.07, 6.45) is 3.69. The molecular formula is C12H15N5O2S. The molecule has 1 aliphatic carbocycles. The zero-order valence-electron chi connectivity index (χ0n) is 10.8. The molecule has 0 aliphatic heterocycles. The average Bonchev–Trinajstić information content (AvgIpc) is 3.18. The number of nitrogen functional groups attached to an aromatic ring is 1. The molecule has 0 unspecified atom stereocenters. The van der Waals surface area contributed by atoms with Crippen LogP contribution >= 0.6 is 11.8 Å². The van der Waals surface area contributed by atoms with E-state index in [1.165, 1.54) is 17.8 Å². The summed E-state index contributed by atoms with van der Waals surface area (Å²) in [5.74, 6) is 0.653. The van der Waals surface area contributed by atoms with Gasteiger partial charge in [-0.25, -0.2) is 9.89 Å². The maximum absolute atomic E-state index is 11.6. The SMILES string of the molecule is Nc1ccc(=O)n(CCSc2n[nH]c(=O)n2C2CC2)c1. The van der Waals surface area contributed by atoms with Crippen LogP contribution in [-0.4, -0.2) is 25.1 Å². The van der Waals surface area contributed by atoms with Crippen LogP contribution in [0.1, 0.15) is 18.9 Å². The molecule has 20 heavy (non-hydrogen) atoms. The first kappa shape index (κ1) is 13.0. The van der Waals surface area contributed by atoms with Crippen LogP contribution in [0.5, 0.6) is 0 Å². The van der Waals surface area contributed by atoms with Gasteiger partial charge in [0, 0.05) is 36.3 Å². The van der Waals surface area contributed by atoms with Crippen LogP contribution in [0.3, 0.4) is 0 Å². The summed E-state index contributed by atoms with van der Waals surface area (Å²) in [7, 11) is 0. The van der Waals surface area contributed by atoms with Crippen molar-refractivity contribution in [3.05, 3.63) is 39.2 Å². The van der Waals surface area contributed by atoms with Crippen molar-refractivity contribution in [1.82, 2.24) is 19.3 Å². The van der Waals surface area contributed by atoms with E-state index >= 15 is 0 Å². The minimum absolute atomic E-state index is 0.0820. The topological polar surface area (TPSA) is 98.7 Å². The number of thioether (sulfide) groups is 1. The first-order valence-electron chi connectivity index (χ1n) is 6.41. The van der Waals surface area contributed by atoms with Gasteiger partial charge < -0.3 is 10.3 Å². The van der Waals surface area contributed by atoms with E-state index in [-0.39, 0.29) is 11.2 Å². The van der Waals surface area contributed by atoms with E-state index in [1.54, 1.807) is 21.4 Å². The lowest BCUT2D eigenvalue weighted by atomic mass is 10.4. The van der Waals surface area contributed by atoms with Crippen molar-refractivity contribution in [2.24, 2.45) is 0 Å². The van der Waals surface area contributed by atoms with Crippen LogP contribution in [0.4, 0.5) is 5.69 Å². The molecular weight excluding hydrogens is 278 g/mol. The Balaban J connectivity index is 1.67. The molecule has 8 heteroatoms. The second-order valence-corrected chi connectivity index (χ2v) is 5.82. The third kappa shape index (κ3) is 2.64. The van der Waals surface area contributed by atoms with E-state index in [1.807, 2.05) is 0 Å². The van der Waals surface area contributed by atoms with Crippen molar-refractivity contribution in [1.29, 1.82) is 0 Å². The summed E-state index contributed by atoms with van der Waals surface area (Å²) in [6.45, 7) is 0.528. The zero-order valence-corrected chi connectivity index (χ0v) is 11.6. The van der Waals surface area contributed by atoms with Crippen LogP contribution in [0.25, 0.3) is 0 Å². The molecule has 0 saturated heterocycles. The van der Waals surface area contributed by atoms with E-state index in [4.69, 9.17) is 5.73 Å². The van der Waals surface area contributed by atoms with Gasteiger partial charge in [0.1, 0.15) is 0 Å². The van der Waals surface area contributed by atoms with E-state index in [2.05, 4.69) is 10.2 Å². The lowest BCUT2D eigenvalue weighted by Crippen LogP contribution is -2.20. The number of nitrogens with zero attached hydrogens (tertiary/aromatic N) is 3. The number of hydrogen-bond donors (Lipinski definition) is 2. The number of aryl methyl sites for hydroxylation is 1. The third-order valence-electron chi connectivity index (χ3n) is 3.15. The number of pyridine rings is 1. The summed E-state index contributed by atoms with van der Waals surface area (Å²) in [6, 6.07) is 3.33. The smallest absolute Gasteiger partial charge is 0.344 e. The summed E-state index contributed by atoms with van der Waals surface area (Å²) in [5.41, 5.74) is 5.98. The monoisotopic (exact) mass is 293 g/mol. The van der Waals surface area contributed by atoms with Crippen molar-refractivity contribution < 1.29 is 0 Å². The molecule has 0 radical (unpaired) electrons. The first-order valence-corrected chi connectivity index (χ1v) is 7.39. The van der Waals surface area contributed by atoms with Gasteiger partial charge in [0.25, 0.3) is 5.56 Å². The number of nitrogens with two attached hydrogens (primary N) is 1. The Labute approximate surface area is 118 Å². The van der Waals surface area contributed by atoms with Crippen molar-refractivity contribution in [2.45, 2.75) is 30.6 Å². The van der Waals surface area contributed by atoms with Crippen molar-refractivity contribution in [3.8, 4) is 0 Å². The van der Waals surface area contributed by atoms with E-state index in [0.29, 0.717) is 29.2 Å². The molecule has 0 atom stereocenters. The molecule has 0 bridgehead atoms. The van der Waals surface area contributed by atoms with Crippen LogP contribution in [0.2, 0.25) is 0 Å². The normalized spacial score (nSPS) is 14.6. The Morgan fingerprint density at radius 2 is 2.20 bits per heavy atom. The minimum Gasteiger partial charge on any atom is -0.398 e. The van der Waals surface area contributed by atoms with Gasteiger partial charge in [-0.15, -0.1) is 5.10 Å². The molecule has 3 rings (SSSR count). The third-order valence-corrected chi connectivity index (χ3v) is 4.09. The van der Waals surface area contributed by atoms with E-state index in [9.17, 15) is 9.59 Å². The van der Waals surface area contributed by atoms with Crippen LogP contribution in [-0.2, 0) is 6.54 Å². The van der Waals surface area contributed by atoms with Crippen molar-refractivity contribution >= 4 is 17.4 Å². The highest BCUT2D eigenvalue weighted by Gasteiger charge is 2.28. The fraction of sp³-hybridized carbons (Fsp3) is 0.417. The lowest BCUT2D eigenvalue weighted by molar-refractivity contribution is 0.641. The van der Waals surface area contributed by atoms with Gasteiger partial charge in [0.2, 0.25) is 0 Å². The van der Waals surface area contributed by atoms with Crippen LogP contribution in [0.15, 0.2) is 33.1 Å². The fourth-order valence-electron chi connectivity index (χ4n) is 2.01. The molecule has 0 spiro atoms. The number of aromatic nitrogens is 4. The molecule has 3 N–H and O–H groups in total.